The molecule has 0 aliphatic carbocycles. The van der Waals surface area contributed by atoms with Crippen LogP contribution in [0.1, 0.15) is 61.2 Å². The van der Waals surface area contributed by atoms with Crippen LogP contribution in [0.15, 0.2) is 59.5 Å². The summed E-state index contributed by atoms with van der Waals surface area (Å²) in [5.41, 5.74) is 4.84. The highest BCUT2D eigenvalue weighted by molar-refractivity contribution is 7.83. The van der Waals surface area contributed by atoms with Crippen molar-refractivity contribution >= 4 is 35.9 Å². The Morgan fingerprint density at radius 2 is 1.90 bits per heavy atom. The van der Waals surface area contributed by atoms with Crippen molar-refractivity contribution in [2.45, 2.75) is 65.4 Å². The van der Waals surface area contributed by atoms with Crippen molar-refractivity contribution in [3.63, 3.8) is 0 Å². The van der Waals surface area contributed by atoms with Crippen molar-refractivity contribution < 1.29 is 24.6 Å². The lowest BCUT2D eigenvalue weighted by Gasteiger charge is -2.35. The molecule has 40 heavy (non-hydrogen) atoms. The number of carbonyl (C=O) groups is 3. The maximum absolute atomic E-state index is 13.8. The quantitative estimate of drug-likeness (QED) is 0.288. The topological polar surface area (TPSA) is 110 Å². The third-order valence-corrected chi connectivity index (χ3v) is 7.97. The van der Waals surface area contributed by atoms with E-state index in [0.717, 1.165) is 22.3 Å². The van der Waals surface area contributed by atoms with Crippen LogP contribution in [0.4, 0.5) is 0 Å². The Hall–Kier alpha value is -3.56. The van der Waals surface area contributed by atoms with Crippen LogP contribution in [0.3, 0.4) is 0 Å². The minimum Gasteiger partial charge on any atom is -0.508 e. The zero-order valence-corrected chi connectivity index (χ0v) is 24.2. The van der Waals surface area contributed by atoms with Gasteiger partial charge in [0.2, 0.25) is 11.8 Å². The Kier molecular flexibility index (Phi) is 9.05. The molecular formula is C31H37N3O5S. The van der Waals surface area contributed by atoms with Crippen LogP contribution in [0.25, 0.3) is 5.57 Å². The van der Waals surface area contributed by atoms with E-state index in [1.165, 1.54) is 4.90 Å². The molecule has 3 N–H and O–H groups in total. The lowest BCUT2D eigenvalue weighted by molar-refractivity contribution is -0.143. The van der Waals surface area contributed by atoms with Crippen molar-refractivity contribution in [2.75, 3.05) is 6.54 Å². The second-order valence-electron chi connectivity index (χ2n) is 10.9. The number of nitrogens with one attached hydrogen (secondary N) is 1. The number of hydrogen-bond acceptors (Lipinski definition) is 6. The summed E-state index contributed by atoms with van der Waals surface area (Å²) in [4.78, 5) is 43.3. The summed E-state index contributed by atoms with van der Waals surface area (Å²) in [6.07, 6.45) is 1.12. The molecule has 2 aromatic carbocycles. The maximum Gasteiger partial charge on any atom is 0.255 e. The maximum atomic E-state index is 13.8. The average Bonchev–Trinajstić information content (AvgIpc) is 3.47. The molecule has 3 amide bonds. The minimum absolute atomic E-state index is 0.0146. The summed E-state index contributed by atoms with van der Waals surface area (Å²) in [6, 6.07) is 10.9. The van der Waals surface area contributed by atoms with Crippen LogP contribution in [0.5, 0.6) is 5.75 Å². The first kappa shape index (κ1) is 29.4. The first-order chi connectivity index (χ1) is 19.0. The van der Waals surface area contributed by atoms with E-state index in [9.17, 15) is 24.6 Å². The van der Waals surface area contributed by atoms with Gasteiger partial charge >= 0.3 is 0 Å². The van der Waals surface area contributed by atoms with Gasteiger partial charge in [0.15, 0.2) is 0 Å². The number of aliphatic hydroxyl groups excluding tert-OH is 1. The standard InChI is InChI=1S/C31H37N3O5S/c1-18(2)28(34-16-23-7-5-6-8-25(23)30(34)38)31(39)33-17-24(35)14-26(33)29(37)32-15-22-10-9-21(13-27(22)36)20(4)19(3)11-12-40/h5-13,18,24,26,28,35-36,40H,14-17H2,1-4H3,(H,32,37)/b12-11-,20-19+/t24-,26+,28+/m1/s1. The first-order valence-corrected chi connectivity index (χ1v) is 14.0. The van der Waals surface area contributed by atoms with E-state index in [1.54, 1.807) is 34.6 Å². The number of benzene rings is 2. The normalized spacial score (nSPS) is 20.2. The number of aliphatic hydroxyl groups is 1. The molecule has 0 unspecified atom stereocenters. The van der Waals surface area contributed by atoms with Crippen LogP contribution in [-0.4, -0.2) is 62.5 Å². The molecule has 8 nitrogen and oxygen atoms in total. The number of likely N-dealkylation sites (tertiary alicyclic amines) is 1. The molecule has 2 aliphatic rings. The van der Waals surface area contributed by atoms with E-state index >= 15 is 0 Å². The lowest BCUT2D eigenvalue weighted by Crippen LogP contribution is -2.55. The van der Waals surface area contributed by atoms with Gasteiger partial charge in [-0.25, -0.2) is 0 Å². The Balaban J connectivity index is 1.48. The molecule has 0 aromatic heterocycles. The molecule has 2 aromatic rings. The van der Waals surface area contributed by atoms with Crippen LogP contribution < -0.4 is 5.32 Å². The fourth-order valence-corrected chi connectivity index (χ4v) is 5.69. The van der Waals surface area contributed by atoms with Gasteiger partial charge in [-0.1, -0.05) is 50.3 Å². The number of thiol groups is 1. The van der Waals surface area contributed by atoms with Crippen molar-refractivity contribution in [1.29, 1.82) is 0 Å². The third-order valence-electron chi connectivity index (χ3n) is 7.82. The average molecular weight is 564 g/mol. The van der Waals surface area contributed by atoms with Crippen molar-refractivity contribution in [3.8, 4) is 5.75 Å². The molecule has 4 rings (SSSR count). The van der Waals surface area contributed by atoms with Crippen molar-refractivity contribution in [2.24, 2.45) is 5.92 Å². The van der Waals surface area contributed by atoms with Gasteiger partial charge in [-0.3, -0.25) is 14.4 Å². The molecule has 1 saturated heterocycles. The molecule has 2 heterocycles. The predicted octanol–water partition coefficient (Wildman–Crippen LogP) is 3.89. The second kappa shape index (κ2) is 12.3. The van der Waals surface area contributed by atoms with E-state index < -0.39 is 24.1 Å². The van der Waals surface area contributed by atoms with Crippen molar-refractivity contribution in [1.82, 2.24) is 15.1 Å². The molecule has 0 bridgehead atoms. The summed E-state index contributed by atoms with van der Waals surface area (Å²) in [5, 5.41) is 25.5. The van der Waals surface area contributed by atoms with Crippen LogP contribution in [-0.2, 0) is 22.7 Å². The fourth-order valence-electron chi connectivity index (χ4n) is 5.47. The smallest absolute Gasteiger partial charge is 0.255 e. The van der Waals surface area contributed by atoms with Gasteiger partial charge in [0, 0.05) is 37.2 Å². The molecule has 0 saturated carbocycles. The molecule has 212 valence electrons. The van der Waals surface area contributed by atoms with Gasteiger partial charge in [0.25, 0.3) is 5.91 Å². The Morgan fingerprint density at radius 3 is 2.55 bits per heavy atom. The zero-order chi connectivity index (χ0) is 29.1. The number of allylic oxidation sites excluding steroid dienone is 3. The number of hydrogen-bond donors (Lipinski definition) is 4. The molecular weight excluding hydrogens is 526 g/mol. The molecule has 2 aliphatic heterocycles. The predicted molar refractivity (Wildman–Crippen MR) is 157 cm³/mol. The van der Waals surface area contributed by atoms with Crippen molar-refractivity contribution in [3.05, 3.63) is 81.8 Å². The summed E-state index contributed by atoms with van der Waals surface area (Å²) in [5.74, 6) is -1.13. The molecule has 9 heteroatoms. The van der Waals surface area contributed by atoms with Gasteiger partial charge in [0.1, 0.15) is 17.8 Å². The Bertz CT molecular complexity index is 1370. The number of phenolic OH excluding ortho intramolecular Hbond substituents is 1. The van der Waals surface area contributed by atoms with Gasteiger partial charge in [-0.2, -0.15) is 12.6 Å². The van der Waals surface area contributed by atoms with E-state index in [4.69, 9.17) is 0 Å². The summed E-state index contributed by atoms with van der Waals surface area (Å²) < 4.78 is 0. The Labute approximate surface area is 240 Å². The van der Waals surface area contributed by atoms with Gasteiger partial charge in [-0.05, 0) is 59.6 Å². The second-order valence-corrected chi connectivity index (χ2v) is 11.2. The number of β-amino-alcohol motifs (C(OH)–C–C–N with tert-alkyl or cyclic N) is 1. The van der Waals surface area contributed by atoms with E-state index in [1.807, 2.05) is 52.0 Å². The highest BCUT2D eigenvalue weighted by atomic mass is 32.1. The Morgan fingerprint density at radius 1 is 1.18 bits per heavy atom. The number of carbonyl (C=O) groups excluding carboxylic acids is 3. The number of phenols is 1. The summed E-state index contributed by atoms with van der Waals surface area (Å²) in [6.45, 7) is 8.06. The monoisotopic (exact) mass is 563 g/mol. The summed E-state index contributed by atoms with van der Waals surface area (Å²) in [7, 11) is 0. The first-order valence-electron chi connectivity index (χ1n) is 13.5. The lowest BCUT2D eigenvalue weighted by atomic mass is 10.00. The van der Waals surface area contributed by atoms with Crippen LogP contribution in [0, 0.1) is 5.92 Å². The number of rotatable bonds is 8. The molecule has 0 radical (unpaired) electrons. The fraction of sp³-hybridized carbons (Fsp3) is 0.387. The van der Waals surface area contributed by atoms with E-state index in [0.29, 0.717) is 17.7 Å². The van der Waals surface area contributed by atoms with Gasteiger partial charge in [0.05, 0.1) is 6.10 Å². The van der Waals surface area contributed by atoms with Crippen LogP contribution >= 0.6 is 12.6 Å². The number of nitrogens with zero attached hydrogens (tertiary/aromatic N) is 2. The number of amides is 3. The molecule has 0 spiro atoms. The third kappa shape index (κ3) is 5.95. The SMILES string of the molecule is CC(/C=C\S)=C(/C)c1ccc(CNC(=O)[C@@H]2C[C@@H](O)CN2C(=O)[C@H](C(C)C)N2Cc3ccccc3C2=O)c(O)c1. The molecule has 3 atom stereocenters. The number of aromatic hydroxyl groups is 1. The van der Waals surface area contributed by atoms with Gasteiger partial charge in [-0.15, -0.1) is 0 Å². The molecule has 1 fully saturated rings. The largest absolute Gasteiger partial charge is 0.508 e. The van der Waals surface area contributed by atoms with E-state index in [-0.39, 0.29) is 43.0 Å². The minimum atomic E-state index is -0.883. The highest BCUT2D eigenvalue weighted by Crippen LogP contribution is 2.30. The van der Waals surface area contributed by atoms with E-state index in [2.05, 4.69) is 17.9 Å². The van der Waals surface area contributed by atoms with Crippen LogP contribution in [0.2, 0.25) is 0 Å². The summed E-state index contributed by atoms with van der Waals surface area (Å²) >= 11 is 4.11. The zero-order valence-electron chi connectivity index (χ0n) is 23.3. The number of fused-ring (bicyclic) bond motifs is 1. The highest BCUT2D eigenvalue weighted by Gasteiger charge is 2.45. The van der Waals surface area contributed by atoms with Gasteiger partial charge < -0.3 is 25.3 Å².